The van der Waals surface area contributed by atoms with Gasteiger partial charge in [0.05, 0.1) is 18.7 Å². The first-order chi connectivity index (χ1) is 13.5. The molecule has 1 heterocycles. The van der Waals surface area contributed by atoms with Gasteiger partial charge in [-0.15, -0.1) is 0 Å². The minimum absolute atomic E-state index is 0.332. The highest BCUT2D eigenvalue weighted by atomic mass is 16.5. The maximum absolute atomic E-state index is 12.4. The second-order valence-corrected chi connectivity index (χ2v) is 6.65. The van der Waals surface area contributed by atoms with Gasteiger partial charge in [0.25, 0.3) is 0 Å². The molecule has 1 aliphatic heterocycles. The zero-order chi connectivity index (χ0) is 20.1. The van der Waals surface area contributed by atoms with E-state index < -0.39 is 12.0 Å². The van der Waals surface area contributed by atoms with E-state index >= 15 is 0 Å². The van der Waals surface area contributed by atoms with Crippen molar-refractivity contribution in [3.63, 3.8) is 0 Å². The van der Waals surface area contributed by atoms with Crippen LogP contribution in [-0.2, 0) is 9.53 Å². The van der Waals surface area contributed by atoms with Crippen LogP contribution in [0.3, 0.4) is 0 Å². The molecule has 1 aliphatic rings. The topological polar surface area (TPSA) is 76.7 Å². The Morgan fingerprint density at radius 3 is 2.21 bits per heavy atom. The Bertz CT molecular complexity index is 886. The number of rotatable bonds is 6. The van der Waals surface area contributed by atoms with Gasteiger partial charge < -0.3 is 20.1 Å². The first kappa shape index (κ1) is 19.5. The average molecular weight is 380 g/mol. The molecule has 0 saturated carbocycles. The van der Waals surface area contributed by atoms with Gasteiger partial charge in [0.1, 0.15) is 11.5 Å². The number of methoxy groups -OCH3 is 1. The summed E-state index contributed by atoms with van der Waals surface area (Å²) >= 11 is 0. The highest BCUT2D eigenvalue weighted by Crippen LogP contribution is 2.31. The van der Waals surface area contributed by atoms with Gasteiger partial charge in [0.2, 0.25) is 0 Å². The van der Waals surface area contributed by atoms with Crippen LogP contribution in [0, 0.1) is 6.92 Å². The lowest BCUT2D eigenvalue weighted by molar-refractivity contribution is -0.136. The number of esters is 1. The van der Waals surface area contributed by atoms with E-state index in [0.717, 1.165) is 23.3 Å². The molecule has 2 aromatic carbocycles. The van der Waals surface area contributed by atoms with Gasteiger partial charge >= 0.3 is 12.0 Å². The quantitative estimate of drug-likeness (QED) is 0.730. The standard InChI is InChI=1S/C22H24N2O4/c1-4-5-18-19(21(25)27-3)20(24-22(26)23-18)15-8-12-17(13-9-15)28-16-10-6-14(2)7-11-16/h6-13,20H,4-5H2,1-3H3,(H2,23,24,26). The number of hydrogen-bond donors (Lipinski definition) is 2. The van der Waals surface area contributed by atoms with Crippen LogP contribution in [0.2, 0.25) is 0 Å². The molecular weight excluding hydrogens is 356 g/mol. The number of benzene rings is 2. The summed E-state index contributed by atoms with van der Waals surface area (Å²) in [5.74, 6) is 0.958. The fraction of sp³-hybridized carbons (Fsp3) is 0.273. The highest BCUT2D eigenvalue weighted by molar-refractivity contribution is 5.95. The van der Waals surface area contributed by atoms with Gasteiger partial charge in [-0.2, -0.15) is 0 Å². The molecule has 28 heavy (non-hydrogen) atoms. The van der Waals surface area contributed by atoms with Crippen molar-refractivity contribution in [2.75, 3.05) is 7.11 Å². The monoisotopic (exact) mass is 380 g/mol. The maximum Gasteiger partial charge on any atom is 0.337 e. The molecule has 0 bridgehead atoms. The van der Waals surface area contributed by atoms with Crippen molar-refractivity contribution in [3.05, 3.63) is 70.9 Å². The Labute approximate surface area is 164 Å². The first-order valence-electron chi connectivity index (χ1n) is 9.25. The van der Waals surface area contributed by atoms with Crippen molar-refractivity contribution < 1.29 is 19.1 Å². The molecular formula is C22H24N2O4. The molecule has 6 heteroatoms. The minimum Gasteiger partial charge on any atom is -0.466 e. The van der Waals surface area contributed by atoms with E-state index in [2.05, 4.69) is 10.6 Å². The van der Waals surface area contributed by atoms with Gasteiger partial charge in [0.15, 0.2) is 0 Å². The Morgan fingerprint density at radius 1 is 1.04 bits per heavy atom. The Hall–Kier alpha value is -3.28. The average Bonchev–Trinajstić information content (AvgIpc) is 2.69. The van der Waals surface area contributed by atoms with E-state index in [1.807, 2.05) is 62.4 Å². The van der Waals surface area contributed by atoms with Crippen molar-refractivity contribution in [3.8, 4) is 11.5 Å². The summed E-state index contributed by atoms with van der Waals surface area (Å²) in [4.78, 5) is 24.5. The van der Waals surface area contributed by atoms with E-state index in [9.17, 15) is 9.59 Å². The summed E-state index contributed by atoms with van der Waals surface area (Å²) in [5.41, 5.74) is 2.97. The lowest BCUT2D eigenvalue weighted by atomic mass is 9.94. The van der Waals surface area contributed by atoms with E-state index in [-0.39, 0.29) is 6.03 Å². The third-order valence-electron chi connectivity index (χ3n) is 4.53. The molecule has 0 aromatic heterocycles. The SMILES string of the molecule is CCCC1=C(C(=O)OC)C(c2ccc(Oc3ccc(C)cc3)cc2)NC(=O)N1. The zero-order valence-electron chi connectivity index (χ0n) is 16.2. The van der Waals surface area contributed by atoms with Crippen LogP contribution >= 0.6 is 0 Å². The summed E-state index contributed by atoms with van der Waals surface area (Å²) < 4.78 is 10.8. The number of carbonyl (C=O) groups is 2. The number of aryl methyl sites for hydroxylation is 1. The first-order valence-corrected chi connectivity index (χ1v) is 9.25. The molecule has 3 rings (SSSR count). The number of carbonyl (C=O) groups excluding carboxylic acids is 2. The molecule has 0 aliphatic carbocycles. The largest absolute Gasteiger partial charge is 0.466 e. The number of hydrogen-bond acceptors (Lipinski definition) is 4. The van der Waals surface area contributed by atoms with Crippen molar-refractivity contribution in [1.29, 1.82) is 0 Å². The third-order valence-corrected chi connectivity index (χ3v) is 4.53. The number of amides is 2. The van der Waals surface area contributed by atoms with Crippen molar-refractivity contribution in [2.24, 2.45) is 0 Å². The second kappa shape index (κ2) is 8.61. The molecule has 0 saturated heterocycles. The zero-order valence-corrected chi connectivity index (χ0v) is 16.2. The van der Waals surface area contributed by atoms with Crippen LogP contribution in [0.1, 0.15) is 36.9 Å². The van der Waals surface area contributed by atoms with E-state index in [0.29, 0.717) is 23.4 Å². The Kier molecular flexibility index (Phi) is 5.99. The van der Waals surface area contributed by atoms with Crippen molar-refractivity contribution >= 4 is 12.0 Å². The summed E-state index contributed by atoms with van der Waals surface area (Å²) in [6.07, 6.45) is 1.38. The fourth-order valence-electron chi connectivity index (χ4n) is 3.14. The van der Waals surface area contributed by atoms with Gasteiger partial charge in [-0.3, -0.25) is 0 Å². The molecule has 1 unspecified atom stereocenters. The predicted molar refractivity (Wildman–Crippen MR) is 106 cm³/mol. The molecule has 146 valence electrons. The number of nitrogens with one attached hydrogen (secondary N) is 2. The number of ether oxygens (including phenoxy) is 2. The maximum atomic E-state index is 12.4. The van der Waals surface area contributed by atoms with Crippen LogP contribution < -0.4 is 15.4 Å². The molecule has 6 nitrogen and oxygen atoms in total. The normalized spacial score (nSPS) is 16.2. The lowest BCUT2D eigenvalue weighted by Gasteiger charge is -2.29. The molecule has 0 fully saturated rings. The predicted octanol–water partition coefficient (Wildman–Crippen LogP) is 4.37. The summed E-state index contributed by atoms with van der Waals surface area (Å²) in [5, 5.41) is 5.55. The van der Waals surface area contributed by atoms with E-state index in [1.54, 1.807) is 0 Å². The molecule has 0 radical (unpaired) electrons. The molecule has 0 spiro atoms. The smallest absolute Gasteiger partial charge is 0.337 e. The van der Waals surface area contributed by atoms with Crippen LogP contribution in [0.25, 0.3) is 0 Å². The molecule has 1 atom stereocenters. The van der Waals surface area contributed by atoms with E-state index in [1.165, 1.54) is 7.11 Å². The molecule has 2 aromatic rings. The molecule has 2 amide bonds. The van der Waals surface area contributed by atoms with Crippen LogP contribution in [0.4, 0.5) is 4.79 Å². The Morgan fingerprint density at radius 2 is 1.64 bits per heavy atom. The second-order valence-electron chi connectivity index (χ2n) is 6.65. The lowest BCUT2D eigenvalue weighted by Crippen LogP contribution is -2.45. The summed E-state index contributed by atoms with van der Waals surface area (Å²) in [6.45, 7) is 4.01. The van der Waals surface area contributed by atoms with Crippen molar-refractivity contribution in [1.82, 2.24) is 10.6 Å². The van der Waals surface area contributed by atoms with Gasteiger partial charge in [0, 0.05) is 5.70 Å². The van der Waals surface area contributed by atoms with Crippen LogP contribution in [0.5, 0.6) is 11.5 Å². The number of allylic oxidation sites excluding steroid dienone is 1. The van der Waals surface area contributed by atoms with E-state index in [4.69, 9.17) is 9.47 Å². The van der Waals surface area contributed by atoms with Gasteiger partial charge in [-0.25, -0.2) is 9.59 Å². The minimum atomic E-state index is -0.573. The summed E-state index contributed by atoms with van der Waals surface area (Å²) in [6, 6.07) is 14.2. The fourth-order valence-corrected chi connectivity index (χ4v) is 3.14. The van der Waals surface area contributed by atoms with Crippen LogP contribution in [0.15, 0.2) is 59.8 Å². The summed E-state index contributed by atoms with van der Waals surface area (Å²) in [7, 11) is 1.34. The number of urea groups is 1. The van der Waals surface area contributed by atoms with Crippen molar-refractivity contribution in [2.45, 2.75) is 32.7 Å². The van der Waals surface area contributed by atoms with Crippen LogP contribution in [-0.4, -0.2) is 19.1 Å². The highest BCUT2D eigenvalue weighted by Gasteiger charge is 2.33. The van der Waals surface area contributed by atoms with Gasteiger partial charge in [-0.1, -0.05) is 43.2 Å². The third kappa shape index (κ3) is 4.34. The Balaban J connectivity index is 1.87. The van der Waals surface area contributed by atoms with Gasteiger partial charge in [-0.05, 0) is 43.2 Å². The molecule has 2 N–H and O–H groups in total.